The molecule has 16 heavy (non-hydrogen) atoms. The minimum absolute atomic E-state index is 0.00545. The van der Waals surface area contributed by atoms with Crippen LogP contribution in [-0.4, -0.2) is 6.08 Å². The molecule has 0 saturated heterocycles. The van der Waals surface area contributed by atoms with E-state index in [1.165, 1.54) is 18.2 Å². The molecule has 0 bridgehead atoms. The molecule has 0 unspecified atom stereocenters. The van der Waals surface area contributed by atoms with Crippen LogP contribution in [0.1, 0.15) is 29.9 Å². The fraction of sp³-hybridized carbons (Fsp3) is 0.364. The van der Waals surface area contributed by atoms with Gasteiger partial charge in [-0.25, -0.2) is 4.79 Å². The molecular formula is C11H8F3NO. The van der Waals surface area contributed by atoms with Gasteiger partial charge in [-0.3, -0.25) is 0 Å². The lowest BCUT2D eigenvalue weighted by Crippen LogP contribution is -2.08. The number of benzene rings is 1. The summed E-state index contributed by atoms with van der Waals surface area (Å²) >= 11 is 0. The first kappa shape index (κ1) is 10.9. The van der Waals surface area contributed by atoms with Crippen molar-refractivity contribution in [2.45, 2.75) is 24.9 Å². The van der Waals surface area contributed by atoms with E-state index in [2.05, 4.69) is 4.99 Å². The van der Waals surface area contributed by atoms with Crippen molar-refractivity contribution in [3.63, 3.8) is 0 Å². The van der Waals surface area contributed by atoms with Gasteiger partial charge in [0.2, 0.25) is 6.08 Å². The van der Waals surface area contributed by atoms with E-state index in [4.69, 9.17) is 0 Å². The maximum absolute atomic E-state index is 12.7. The highest BCUT2D eigenvalue weighted by atomic mass is 19.4. The second-order valence-corrected chi connectivity index (χ2v) is 3.75. The van der Waals surface area contributed by atoms with Crippen molar-refractivity contribution in [2.24, 2.45) is 4.99 Å². The molecule has 2 nitrogen and oxygen atoms in total. The predicted molar refractivity (Wildman–Crippen MR) is 51.2 cm³/mol. The van der Waals surface area contributed by atoms with Gasteiger partial charge in [0, 0.05) is 0 Å². The van der Waals surface area contributed by atoms with E-state index >= 15 is 0 Å². The predicted octanol–water partition coefficient (Wildman–Crippen LogP) is 3.55. The minimum atomic E-state index is -4.40. The lowest BCUT2D eigenvalue weighted by molar-refractivity contribution is -0.138. The Morgan fingerprint density at radius 2 is 2.00 bits per heavy atom. The molecule has 0 spiro atoms. The first-order valence-electron chi connectivity index (χ1n) is 4.81. The zero-order chi connectivity index (χ0) is 11.8. The summed E-state index contributed by atoms with van der Waals surface area (Å²) in [5.74, 6) is 0.00545. The summed E-state index contributed by atoms with van der Waals surface area (Å²) in [5, 5.41) is 0. The van der Waals surface area contributed by atoms with Crippen LogP contribution in [-0.2, 0) is 11.0 Å². The van der Waals surface area contributed by atoms with Crippen molar-refractivity contribution in [1.82, 2.24) is 0 Å². The quantitative estimate of drug-likeness (QED) is 0.561. The molecule has 0 amide bonds. The number of hydrogen-bond donors (Lipinski definition) is 0. The Hall–Kier alpha value is -1.61. The Bertz CT molecular complexity index is 457. The molecule has 1 aromatic rings. The molecular weight excluding hydrogens is 219 g/mol. The third-order valence-corrected chi connectivity index (χ3v) is 2.53. The molecule has 0 radical (unpaired) electrons. The van der Waals surface area contributed by atoms with E-state index in [9.17, 15) is 18.0 Å². The van der Waals surface area contributed by atoms with Gasteiger partial charge in [-0.15, -0.1) is 0 Å². The van der Waals surface area contributed by atoms with Crippen LogP contribution in [0.25, 0.3) is 0 Å². The molecule has 0 N–H and O–H groups in total. The van der Waals surface area contributed by atoms with Gasteiger partial charge in [0.05, 0.1) is 11.3 Å². The van der Waals surface area contributed by atoms with Crippen LogP contribution in [0.15, 0.2) is 23.2 Å². The van der Waals surface area contributed by atoms with Gasteiger partial charge in [-0.1, -0.05) is 6.07 Å². The zero-order valence-corrected chi connectivity index (χ0v) is 8.21. The summed E-state index contributed by atoms with van der Waals surface area (Å²) in [6, 6.07) is 3.71. The fourth-order valence-electron chi connectivity index (χ4n) is 1.66. The highest BCUT2D eigenvalue weighted by Gasteiger charge is 2.38. The lowest BCUT2D eigenvalue weighted by atomic mass is 10.0. The molecule has 0 aromatic heterocycles. The number of hydrogen-bond acceptors (Lipinski definition) is 2. The van der Waals surface area contributed by atoms with Crippen LogP contribution in [0, 0.1) is 0 Å². The maximum atomic E-state index is 12.7. The van der Waals surface area contributed by atoms with Gasteiger partial charge in [-0.05, 0) is 36.5 Å². The first-order chi connectivity index (χ1) is 7.52. The second kappa shape index (κ2) is 3.76. The van der Waals surface area contributed by atoms with E-state index < -0.39 is 11.7 Å². The average molecular weight is 227 g/mol. The first-order valence-corrected chi connectivity index (χ1v) is 4.81. The van der Waals surface area contributed by atoms with E-state index in [1.54, 1.807) is 0 Å². The van der Waals surface area contributed by atoms with Gasteiger partial charge in [-0.2, -0.15) is 18.2 Å². The monoisotopic (exact) mass is 227 g/mol. The van der Waals surface area contributed by atoms with Gasteiger partial charge >= 0.3 is 6.18 Å². The molecule has 1 aromatic carbocycles. The molecule has 1 fully saturated rings. The highest BCUT2D eigenvalue weighted by molar-refractivity contribution is 5.53. The molecule has 1 saturated carbocycles. The number of nitrogens with zero attached hydrogens (tertiary/aromatic N) is 1. The largest absolute Gasteiger partial charge is 0.416 e. The van der Waals surface area contributed by atoms with Crippen molar-refractivity contribution < 1.29 is 18.0 Å². The second-order valence-electron chi connectivity index (χ2n) is 3.75. The molecule has 1 aliphatic rings. The Morgan fingerprint density at radius 3 is 2.50 bits per heavy atom. The van der Waals surface area contributed by atoms with E-state index in [1.807, 2.05) is 0 Å². The average Bonchev–Trinajstić information content (AvgIpc) is 3.00. The third-order valence-electron chi connectivity index (χ3n) is 2.53. The van der Waals surface area contributed by atoms with E-state index in [0.29, 0.717) is 5.56 Å². The highest BCUT2D eigenvalue weighted by Crippen LogP contribution is 2.46. The Morgan fingerprint density at radius 1 is 1.31 bits per heavy atom. The van der Waals surface area contributed by atoms with Crippen molar-refractivity contribution in [3.05, 3.63) is 29.3 Å². The standard InChI is InChI=1S/C11H8F3NO/c12-11(13,14)10-5-8(15-6-16)3-4-9(10)7-1-2-7/h3-5,7H,1-2H2. The number of aliphatic imine (C=N–C) groups is 1. The Kier molecular flexibility index (Phi) is 2.56. The van der Waals surface area contributed by atoms with Crippen LogP contribution < -0.4 is 0 Å². The van der Waals surface area contributed by atoms with Crippen LogP contribution in [0.4, 0.5) is 18.9 Å². The number of rotatable bonds is 2. The summed E-state index contributed by atoms with van der Waals surface area (Å²) in [6.45, 7) is 0. The van der Waals surface area contributed by atoms with Crippen molar-refractivity contribution >= 4 is 11.8 Å². The molecule has 0 heterocycles. The van der Waals surface area contributed by atoms with Gasteiger partial charge in [0.1, 0.15) is 0 Å². The van der Waals surface area contributed by atoms with Crippen LogP contribution >= 0.6 is 0 Å². The molecule has 0 atom stereocenters. The minimum Gasteiger partial charge on any atom is -0.211 e. The molecule has 2 rings (SSSR count). The van der Waals surface area contributed by atoms with Gasteiger partial charge in [0.25, 0.3) is 0 Å². The van der Waals surface area contributed by atoms with Crippen molar-refractivity contribution in [1.29, 1.82) is 0 Å². The van der Waals surface area contributed by atoms with Crippen molar-refractivity contribution in [2.75, 3.05) is 0 Å². The zero-order valence-electron chi connectivity index (χ0n) is 8.21. The van der Waals surface area contributed by atoms with Crippen LogP contribution in [0.3, 0.4) is 0 Å². The fourth-order valence-corrected chi connectivity index (χ4v) is 1.66. The summed E-state index contributed by atoms with van der Waals surface area (Å²) in [5.41, 5.74) is -0.393. The molecule has 0 aliphatic heterocycles. The Balaban J connectivity index is 2.50. The number of alkyl halides is 3. The molecule has 84 valence electrons. The van der Waals surface area contributed by atoms with Crippen molar-refractivity contribution in [3.8, 4) is 0 Å². The maximum Gasteiger partial charge on any atom is 0.416 e. The summed E-state index contributed by atoms with van der Waals surface area (Å²) < 4.78 is 38.1. The summed E-state index contributed by atoms with van der Waals surface area (Å²) in [7, 11) is 0. The van der Waals surface area contributed by atoms with Gasteiger partial charge < -0.3 is 0 Å². The number of isocyanates is 1. The van der Waals surface area contributed by atoms with Crippen LogP contribution in [0.2, 0.25) is 0 Å². The number of halogens is 3. The normalized spacial score (nSPS) is 15.7. The van der Waals surface area contributed by atoms with E-state index in [-0.39, 0.29) is 11.6 Å². The van der Waals surface area contributed by atoms with Gasteiger partial charge in [0.15, 0.2) is 0 Å². The lowest BCUT2D eigenvalue weighted by Gasteiger charge is -2.12. The smallest absolute Gasteiger partial charge is 0.211 e. The SMILES string of the molecule is O=C=Nc1ccc(C2CC2)c(C(F)(F)F)c1. The third kappa shape index (κ3) is 2.14. The topological polar surface area (TPSA) is 29.4 Å². The van der Waals surface area contributed by atoms with Crippen LogP contribution in [0.5, 0.6) is 0 Å². The Labute approximate surface area is 89.8 Å². The number of carbonyl (C=O) groups excluding carboxylic acids is 1. The summed E-state index contributed by atoms with van der Waals surface area (Å²) in [4.78, 5) is 13.2. The molecule has 5 heteroatoms. The molecule has 1 aliphatic carbocycles. The van der Waals surface area contributed by atoms with E-state index in [0.717, 1.165) is 18.9 Å². The summed E-state index contributed by atoms with van der Waals surface area (Å²) in [6.07, 6.45) is -1.58.